The summed E-state index contributed by atoms with van der Waals surface area (Å²) in [5.41, 5.74) is 5.39. The van der Waals surface area contributed by atoms with E-state index >= 15 is 0 Å². The lowest BCUT2D eigenvalue weighted by atomic mass is 10.1. The first-order valence-corrected chi connectivity index (χ1v) is 13.1. The summed E-state index contributed by atoms with van der Waals surface area (Å²) in [6, 6.07) is 29.6. The maximum Gasteiger partial charge on any atom is 0.236 e. The number of carbonyl (C=O) groups excluding carboxylic acids is 1. The molecule has 2 aromatic heterocycles. The first kappa shape index (κ1) is 23.7. The Kier molecular flexibility index (Phi) is 7.35. The molecule has 0 aliphatic carbocycles. The number of hydrogen-bond donors (Lipinski definition) is 1. The van der Waals surface area contributed by atoms with Gasteiger partial charge in [0, 0.05) is 22.1 Å². The van der Waals surface area contributed by atoms with E-state index in [0.29, 0.717) is 10.3 Å². The number of thiazole rings is 1. The average molecular weight is 511 g/mol. The molecule has 5 aromatic rings. The van der Waals surface area contributed by atoms with Crippen molar-refractivity contribution in [1.82, 2.24) is 15.0 Å². The highest BCUT2D eigenvalue weighted by atomic mass is 32.2. The van der Waals surface area contributed by atoms with E-state index in [4.69, 9.17) is 14.7 Å². The summed E-state index contributed by atoms with van der Waals surface area (Å²) in [6.45, 7) is 0. The normalized spacial score (nSPS) is 10.7. The lowest BCUT2D eigenvalue weighted by Crippen LogP contribution is -2.14. The predicted octanol–water partition coefficient (Wildman–Crippen LogP) is 6.67. The van der Waals surface area contributed by atoms with Gasteiger partial charge in [-0.1, -0.05) is 72.4 Å². The standard InChI is InChI=1S/C28H22N4O2S2/c1-34-22-14-12-21(13-15-22)25-17-35-28(31-25)32-26(33)18-36-27-29-23(19-8-4-2-5-9-19)16-24(30-27)20-10-6-3-7-11-20/h2-17H,18H2,1H3,(H,31,32,33). The topological polar surface area (TPSA) is 77.0 Å². The molecule has 1 N–H and O–H groups in total. The molecule has 2 heterocycles. The van der Waals surface area contributed by atoms with Crippen LogP contribution in [-0.4, -0.2) is 33.7 Å². The number of methoxy groups -OCH3 is 1. The van der Waals surface area contributed by atoms with Crippen molar-refractivity contribution in [3.05, 3.63) is 96.4 Å². The lowest BCUT2D eigenvalue weighted by molar-refractivity contribution is -0.113. The van der Waals surface area contributed by atoms with Crippen LogP contribution < -0.4 is 10.1 Å². The Labute approximate surface area is 217 Å². The van der Waals surface area contributed by atoms with Crippen molar-refractivity contribution in [3.8, 4) is 39.5 Å². The van der Waals surface area contributed by atoms with Gasteiger partial charge in [0.25, 0.3) is 0 Å². The van der Waals surface area contributed by atoms with Crippen LogP contribution in [0.1, 0.15) is 0 Å². The number of anilines is 1. The van der Waals surface area contributed by atoms with Crippen molar-refractivity contribution in [2.45, 2.75) is 5.16 Å². The summed E-state index contributed by atoms with van der Waals surface area (Å²) >= 11 is 2.69. The van der Waals surface area contributed by atoms with Crippen molar-refractivity contribution in [1.29, 1.82) is 0 Å². The van der Waals surface area contributed by atoms with E-state index < -0.39 is 0 Å². The third-order valence-electron chi connectivity index (χ3n) is 5.31. The largest absolute Gasteiger partial charge is 0.497 e. The molecule has 0 radical (unpaired) electrons. The van der Waals surface area contributed by atoms with Crippen LogP contribution in [0.15, 0.2) is 102 Å². The first-order chi connectivity index (χ1) is 17.7. The van der Waals surface area contributed by atoms with Crippen LogP contribution >= 0.6 is 23.1 Å². The number of benzene rings is 3. The van der Waals surface area contributed by atoms with Gasteiger partial charge in [-0.3, -0.25) is 4.79 Å². The molecule has 36 heavy (non-hydrogen) atoms. The Bertz CT molecular complexity index is 1400. The average Bonchev–Trinajstić information content (AvgIpc) is 3.41. The SMILES string of the molecule is COc1ccc(-c2csc(NC(=O)CSc3nc(-c4ccccc4)cc(-c4ccccc4)n3)n2)cc1. The molecular weight excluding hydrogens is 488 g/mol. The molecule has 0 saturated heterocycles. The van der Waals surface area contributed by atoms with Crippen molar-refractivity contribution >= 4 is 34.1 Å². The van der Waals surface area contributed by atoms with E-state index in [9.17, 15) is 4.79 Å². The highest BCUT2D eigenvalue weighted by molar-refractivity contribution is 7.99. The Balaban J connectivity index is 1.29. The zero-order valence-electron chi connectivity index (χ0n) is 19.4. The summed E-state index contributed by atoms with van der Waals surface area (Å²) in [5.74, 6) is 0.795. The van der Waals surface area contributed by atoms with Crippen LogP contribution in [0.4, 0.5) is 5.13 Å². The molecular formula is C28H22N4O2S2. The maximum absolute atomic E-state index is 12.7. The highest BCUT2D eigenvalue weighted by Crippen LogP contribution is 2.28. The second-order valence-corrected chi connectivity index (χ2v) is 9.56. The summed E-state index contributed by atoms with van der Waals surface area (Å²) in [4.78, 5) is 26.7. The van der Waals surface area contributed by atoms with Gasteiger partial charge in [0.2, 0.25) is 5.91 Å². The fourth-order valence-electron chi connectivity index (χ4n) is 3.51. The molecule has 0 aliphatic rings. The number of thioether (sulfide) groups is 1. The molecule has 0 saturated carbocycles. The number of rotatable bonds is 8. The third-order valence-corrected chi connectivity index (χ3v) is 6.92. The van der Waals surface area contributed by atoms with Gasteiger partial charge in [-0.05, 0) is 30.3 Å². The smallest absolute Gasteiger partial charge is 0.236 e. The summed E-state index contributed by atoms with van der Waals surface area (Å²) in [6.07, 6.45) is 0. The van der Waals surface area contributed by atoms with Gasteiger partial charge in [-0.25, -0.2) is 15.0 Å². The Morgan fingerprint density at radius 3 is 1.97 bits per heavy atom. The zero-order chi connectivity index (χ0) is 24.7. The molecule has 178 valence electrons. The zero-order valence-corrected chi connectivity index (χ0v) is 21.1. The molecule has 0 unspecified atom stereocenters. The van der Waals surface area contributed by atoms with Crippen LogP contribution in [0.2, 0.25) is 0 Å². The first-order valence-electron chi connectivity index (χ1n) is 11.2. The van der Waals surface area contributed by atoms with Crippen molar-refractivity contribution in [3.63, 3.8) is 0 Å². The van der Waals surface area contributed by atoms with Crippen molar-refractivity contribution in [2.75, 3.05) is 18.2 Å². The molecule has 3 aromatic carbocycles. The van der Waals surface area contributed by atoms with Gasteiger partial charge in [-0.15, -0.1) is 11.3 Å². The van der Waals surface area contributed by atoms with Crippen molar-refractivity contribution in [2.24, 2.45) is 0 Å². The molecule has 0 spiro atoms. The van der Waals surface area contributed by atoms with E-state index in [1.807, 2.05) is 96.4 Å². The van der Waals surface area contributed by atoms with E-state index in [1.165, 1.54) is 23.1 Å². The monoisotopic (exact) mass is 510 g/mol. The fourth-order valence-corrected chi connectivity index (χ4v) is 4.91. The molecule has 1 amide bonds. The summed E-state index contributed by atoms with van der Waals surface area (Å²) < 4.78 is 5.20. The number of amides is 1. The van der Waals surface area contributed by atoms with E-state index in [2.05, 4.69) is 10.3 Å². The van der Waals surface area contributed by atoms with Gasteiger partial charge in [0.05, 0.1) is 29.9 Å². The number of ether oxygens (including phenoxy) is 1. The molecule has 0 aliphatic heterocycles. The maximum atomic E-state index is 12.7. The summed E-state index contributed by atoms with van der Waals surface area (Å²) in [5, 5.41) is 5.90. The van der Waals surface area contributed by atoms with Crippen LogP contribution in [0.3, 0.4) is 0 Å². The number of carbonyl (C=O) groups is 1. The number of nitrogens with zero attached hydrogens (tertiary/aromatic N) is 3. The van der Waals surface area contributed by atoms with E-state index in [0.717, 1.165) is 39.5 Å². The Morgan fingerprint density at radius 1 is 0.806 bits per heavy atom. The lowest BCUT2D eigenvalue weighted by Gasteiger charge is -2.08. The molecule has 5 rings (SSSR count). The van der Waals surface area contributed by atoms with Gasteiger partial charge in [0.15, 0.2) is 10.3 Å². The summed E-state index contributed by atoms with van der Waals surface area (Å²) in [7, 11) is 1.63. The minimum atomic E-state index is -0.161. The molecule has 6 nitrogen and oxygen atoms in total. The Hall–Kier alpha value is -4.01. The Morgan fingerprint density at radius 2 is 1.39 bits per heavy atom. The highest BCUT2D eigenvalue weighted by Gasteiger charge is 2.13. The van der Waals surface area contributed by atoms with Gasteiger partial charge in [0.1, 0.15) is 5.75 Å². The van der Waals surface area contributed by atoms with Crippen LogP contribution in [0, 0.1) is 0 Å². The van der Waals surface area contributed by atoms with E-state index in [-0.39, 0.29) is 11.7 Å². The minimum absolute atomic E-state index is 0.161. The molecule has 0 fully saturated rings. The quantitative estimate of drug-likeness (QED) is 0.185. The molecule has 8 heteroatoms. The van der Waals surface area contributed by atoms with Gasteiger partial charge in [-0.2, -0.15) is 0 Å². The fraction of sp³-hybridized carbons (Fsp3) is 0.0714. The van der Waals surface area contributed by atoms with E-state index in [1.54, 1.807) is 7.11 Å². The van der Waals surface area contributed by atoms with Gasteiger partial charge < -0.3 is 10.1 Å². The van der Waals surface area contributed by atoms with Crippen LogP contribution in [0.5, 0.6) is 5.75 Å². The van der Waals surface area contributed by atoms with Crippen molar-refractivity contribution < 1.29 is 9.53 Å². The minimum Gasteiger partial charge on any atom is -0.497 e. The molecule has 0 atom stereocenters. The van der Waals surface area contributed by atoms with Crippen LogP contribution in [-0.2, 0) is 4.79 Å². The predicted molar refractivity (Wildman–Crippen MR) is 146 cm³/mol. The number of aromatic nitrogens is 3. The second kappa shape index (κ2) is 11.2. The second-order valence-electron chi connectivity index (χ2n) is 7.76. The van der Waals surface area contributed by atoms with Gasteiger partial charge >= 0.3 is 0 Å². The molecule has 0 bridgehead atoms. The number of nitrogens with one attached hydrogen (secondary N) is 1. The third kappa shape index (κ3) is 5.79. The number of hydrogen-bond acceptors (Lipinski definition) is 7. The van der Waals surface area contributed by atoms with Crippen LogP contribution in [0.25, 0.3) is 33.8 Å².